The van der Waals surface area contributed by atoms with E-state index < -0.39 is 0 Å². The minimum atomic E-state index is -0.0863. The van der Waals surface area contributed by atoms with Gasteiger partial charge in [-0.2, -0.15) is 0 Å². The van der Waals surface area contributed by atoms with Crippen molar-refractivity contribution in [1.29, 1.82) is 0 Å². The molecule has 0 saturated heterocycles. The Hall–Kier alpha value is -5.42. The number of fused-ring (bicyclic) bond motifs is 4. The Labute approximate surface area is 344 Å². The molecule has 0 aliphatic carbocycles. The van der Waals surface area contributed by atoms with Gasteiger partial charge in [-0.3, -0.25) is 9.97 Å². The van der Waals surface area contributed by atoms with Crippen LogP contribution in [0.25, 0.3) is 72.4 Å². The van der Waals surface area contributed by atoms with Gasteiger partial charge in [-0.25, -0.2) is 0 Å². The summed E-state index contributed by atoms with van der Waals surface area (Å²) in [5, 5.41) is 2.15. The van der Waals surface area contributed by atoms with Crippen molar-refractivity contribution in [3.05, 3.63) is 157 Å². The molecule has 0 aliphatic rings. The predicted molar refractivity (Wildman–Crippen MR) is 229 cm³/mol. The van der Waals surface area contributed by atoms with Crippen molar-refractivity contribution in [3.8, 4) is 33.8 Å². The molecule has 0 aliphatic heterocycles. The summed E-state index contributed by atoms with van der Waals surface area (Å²) >= 11 is 0. The van der Waals surface area contributed by atoms with Gasteiger partial charge in [0.05, 0.1) is 28.6 Å². The first kappa shape index (κ1) is 40.2. The molecule has 0 amide bonds. The number of pyridine rings is 2. The molecule has 285 valence electrons. The van der Waals surface area contributed by atoms with Crippen LogP contribution in [0.1, 0.15) is 61.1 Å². The molecule has 4 aromatic heterocycles. The summed E-state index contributed by atoms with van der Waals surface area (Å²) in [6, 6.07) is 43.3. The van der Waals surface area contributed by atoms with Crippen molar-refractivity contribution in [3.63, 3.8) is 0 Å². The molecule has 6 heteroatoms. The number of benzene rings is 4. The zero-order chi connectivity index (χ0) is 38.9. The van der Waals surface area contributed by atoms with E-state index in [1.807, 2.05) is 85.2 Å². The molecule has 1 radical (unpaired) electrons. The number of aromatic nitrogens is 4. The molecule has 4 heterocycles. The van der Waals surface area contributed by atoms with Gasteiger partial charge in [0.25, 0.3) is 0 Å². The van der Waals surface area contributed by atoms with Crippen molar-refractivity contribution >= 4 is 38.7 Å². The van der Waals surface area contributed by atoms with Gasteiger partial charge in [0.1, 0.15) is 5.58 Å². The first-order chi connectivity index (χ1) is 26.4. The third kappa shape index (κ3) is 8.09. The maximum Gasteiger partial charge on any atom is 0.120 e. The van der Waals surface area contributed by atoms with Crippen LogP contribution >= 0.6 is 0 Å². The Morgan fingerprint density at radius 3 is 2.20 bits per heavy atom. The van der Waals surface area contributed by atoms with Crippen LogP contribution in [0.15, 0.2) is 144 Å². The summed E-state index contributed by atoms with van der Waals surface area (Å²) in [4.78, 5) is 14.5. The van der Waals surface area contributed by atoms with E-state index in [2.05, 4.69) is 120 Å². The van der Waals surface area contributed by atoms with Crippen molar-refractivity contribution in [2.45, 2.75) is 60.8 Å². The normalized spacial score (nSPS) is 12.1. The molecule has 5 nitrogen and oxygen atoms in total. The third-order valence-corrected chi connectivity index (χ3v) is 10.2. The van der Waals surface area contributed by atoms with E-state index in [0.29, 0.717) is 5.92 Å². The number of para-hydroxylation sites is 1. The maximum atomic E-state index is 6.42. The van der Waals surface area contributed by atoms with Crippen LogP contribution in [-0.4, -0.2) is 19.5 Å². The van der Waals surface area contributed by atoms with Crippen LogP contribution < -0.4 is 0 Å². The van der Waals surface area contributed by atoms with Crippen molar-refractivity contribution in [2.75, 3.05) is 0 Å². The largest absolute Gasteiger partial charge is 0.501 e. The zero-order valence-electron chi connectivity index (χ0n) is 33.4. The van der Waals surface area contributed by atoms with Crippen molar-refractivity contribution < 1.29 is 24.5 Å². The number of furan rings is 1. The van der Waals surface area contributed by atoms with Gasteiger partial charge in [0, 0.05) is 48.5 Å². The van der Waals surface area contributed by atoms with E-state index in [-0.39, 0.29) is 31.4 Å². The van der Waals surface area contributed by atoms with Crippen molar-refractivity contribution in [1.82, 2.24) is 19.5 Å². The summed E-state index contributed by atoms with van der Waals surface area (Å²) in [5.41, 5.74) is 13.1. The van der Waals surface area contributed by atoms with E-state index >= 15 is 0 Å². The van der Waals surface area contributed by atoms with E-state index in [4.69, 9.17) is 14.4 Å². The first-order valence-corrected chi connectivity index (χ1v) is 19.0. The minimum absolute atomic E-state index is 0. The molecule has 0 saturated carbocycles. The average molecular weight is 913 g/mol. The van der Waals surface area contributed by atoms with Crippen LogP contribution in [0.2, 0.25) is 0 Å². The standard InChI is InChI=1S/C33H36N3O.C17H12N.Ir/c1-19(2)21(5)30(22(6)20(3)4)36-27-18-34-29(33(7,8)9)17-26(27)35-32(36)25-15-12-14-24-23-13-10-11-16-28(23)37-31(24)25;1-3-7-14(8-4-1)16-11-12-18-17(13-16)15-9-5-2-6-10-15;/h10-14,16-20H,5H2,1-4,6-9H3;1-9,11-13H;/q2*-1;/b30-22-;;. The van der Waals surface area contributed by atoms with Crippen LogP contribution in [0.3, 0.4) is 0 Å². The number of rotatable bonds is 7. The molecule has 0 N–H and O–H groups in total. The molecule has 0 bridgehead atoms. The van der Waals surface area contributed by atoms with Gasteiger partial charge in [0.2, 0.25) is 0 Å². The molecular weight excluding hydrogens is 865 g/mol. The van der Waals surface area contributed by atoms with E-state index in [9.17, 15) is 0 Å². The maximum absolute atomic E-state index is 6.42. The second-order valence-corrected chi connectivity index (χ2v) is 15.7. The first-order valence-electron chi connectivity index (χ1n) is 19.0. The zero-order valence-corrected chi connectivity index (χ0v) is 35.8. The average Bonchev–Trinajstić information content (AvgIpc) is 3.77. The molecule has 0 fully saturated rings. The fourth-order valence-electron chi connectivity index (χ4n) is 6.70. The number of allylic oxidation sites excluding steroid dienone is 3. The topological polar surface area (TPSA) is 56.7 Å². The van der Waals surface area contributed by atoms with Crippen LogP contribution in [0, 0.1) is 24.0 Å². The second-order valence-electron chi connectivity index (χ2n) is 15.7. The van der Waals surface area contributed by atoms with Gasteiger partial charge < -0.3 is 14.0 Å². The number of imidazole rings is 1. The monoisotopic (exact) mass is 913 g/mol. The molecule has 0 spiro atoms. The van der Waals surface area contributed by atoms with Gasteiger partial charge in [-0.15, -0.1) is 54.1 Å². The Bertz CT molecular complexity index is 2600. The summed E-state index contributed by atoms with van der Waals surface area (Å²) < 4.78 is 8.66. The van der Waals surface area contributed by atoms with Crippen LogP contribution in [0.5, 0.6) is 0 Å². The molecule has 0 atom stereocenters. The molecular formula is C50H48IrN4O-2. The molecule has 0 unspecified atom stereocenters. The number of hydrogen-bond donors (Lipinski definition) is 0. The molecule has 56 heavy (non-hydrogen) atoms. The summed E-state index contributed by atoms with van der Waals surface area (Å²) in [6.07, 6.45) is 3.81. The van der Waals surface area contributed by atoms with Gasteiger partial charge in [-0.1, -0.05) is 121 Å². The minimum Gasteiger partial charge on any atom is -0.501 e. The van der Waals surface area contributed by atoms with Gasteiger partial charge >= 0.3 is 0 Å². The van der Waals surface area contributed by atoms with Crippen LogP contribution in [-0.2, 0) is 25.5 Å². The quantitative estimate of drug-likeness (QED) is 0.118. The Balaban J connectivity index is 0.000000234. The predicted octanol–water partition coefficient (Wildman–Crippen LogP) is 13.4. The number of nitrogens with zero attached hydrogens (tertiary/aromatic N) is 4. The Kier molecular flexibility index (Phi) is 12.0. The summed E-state index contributed by atoms with van der Waals surface area (Å²) in [7, 11) is 0. The summed E-state index contributed by atoms with van der Waals surface area (Å²) in [5.74, 6) is 1.40. The Morgan fingerprint density at radius 2 is 1.50 bits per heavy atom. The molecule has 8 rings (SSSR count). The van der Waals surface area contributed by atoms with E-state index in [0.717, 1.165) is 72.6 Å². The molecule has 8 aromatic rings. The fourth-order valence-corrected chi connectivity index (χ4v) is 6.70. The smallest absolute Gasteiger partial charge is 0.120 e. The van der Waals surface area contributed by atoms with E-state index in [1.165, 1.54) is 16.7 Å². The van der Waals surface area contributed by atoms with E-state index in [1.54, 1.807) is 0 Å². The Morgan fingerprint density at radius 1 is 0.768 bits per heavy atom. The van der Waals surface area contributed by atoms with Gasteiger partial charge in [-0.05, 0) is 64.9 Å². The summed E-state index contributed by atoms with van der Waals surface area (Å²) in [6.45, 7) is 22.1. The third-order valence-electron chi connectivity index (χ3n) is 10.2. The van der Waals surface area contributed by atoms with Crippen molar-refractivity contribution in [2.24, 2.45) is 11.8 Å². The fraction of sp³-hybridized carbons (Fsp3) is 0.220. The van der Waals surface area contributed by atoms with Gasteiger partial charge in [0.15, 0.2) is 0 Å². The van der Waals surface area contributed by atoms with Crippen LogP contribution in [0.4, 0.5) is 0 Å². The number of hydrogen-bond acceptors (Lipinski definition) is 4. The SMILES string of the molecule is C=C(/C(=C(\C)C(C)C)n1c(-c2[c-]ccc3c2oc2ccccc23)nc2cc(C(C)(C)C)ncc21)C(C)C.[Ir].[c-]1ccccc1-c1cc(-c2ccccc2)ccn1. The second kappa shape index (κ2) is 16.7. The molecule has 4 aromatic carbocycles.